The van der Waals surface area contributed by atoms with Gasteiger partial charge in [-0.05, 0) is 37.0 Å². The van der Waals surface area contributed by atoms with Crippen molar-refractivity contribution in [3.63, 3.8) is 0 Å². The van der Waals surface area contributed by atoms with Gasteiger partial charge < -0.3 is 20.5 Å². The fourth-order valence-corrected chi connectivity index (χ4v) is 2.73. The standard InChI is InChI=1S/C14H20N2O2/c15-11-2-1-3-12(7-11)16-8-10-4-5-13-14(6-10)18-9-17-13/h4-6,11-12,16H,1-3,7-9,15H2. The van der Waals surface area contributed by atoms with E-state index in [1.807, 2.05) is 6.07 Å². The molecule has 1 fully saturated rings. The fraction of sp³-hybridized carbons (Fsp3) is 0.571. The Morgan fingerprint density at radius 1 is 1.22 bits per heavy atom. The highest BCUT2D eigenvalue weighted by Crippen LogP contribution is 2.32. The Kier molecular flexibility index (Phi) is 3.39. The molecule has 1 heterocycles. The van der Waals surface area contributed by atoms with E-state index in [0.717, 1.165) is 24.5 Å². The molecule has 1 aromatic carbocycles. The molecule has 1 aromatic rings. The largest absolute Gasteiger partial charge is 0.454 e. The quantitative estimate of drug-likeness (QED) is 0.856. The van der Waals surface area contributed by atoms with Gasteiger partial charge in [-0.1, -0.05) is 12.5 Å². The van der Waals surface area contributed by atoms with Crippen LogP contribution in [0.4, 0.5) is 0 Å². The number of nitrogens with two attached hydrogens (primary N) is 1. The first-order chi connectivity index (χ1) is 8.81. The van der Waals surface area contributed by atoms with Crippen molar-refractivity contribution < 1.29 is 9.47 Å². The summed E-state index contributed by atoms with van der Waals surface area (Å²) < 4.78 is 10.7. The zero-order valence-electron chi connectivity index (χ0n) is 10.5. The third-order valence-electron chi connectivity index (χ3n) is 3.75. The summed E-state index contributed by atoms with van der Waals surface area (Å²) in [4.78, 5) is 0. The van der Waals surface area contributed by atoms with Crippen LogP contribution in [0.5, 0.6) is 11.5 Å². The first-order valence-electron chi connectivity index (χ1n) is 6.69. The predicted molar refractivity (Wildman–Crippen MR) is 69.6 cm³/mol. The lowest BCUT2D eigenvalue weighted by molar-refractivity contribution is 0.174. The number of benzene rings is 1. The van der Waals surface area contributed by atoms with E-state index in [2.05, 4.69) is 17.4 Å². The van der Waals surface area contributed by atoms with Gasteiger partial charge in [0, 0.05) is 18.6 Å². The van der Waals surface area contributed by atoms with Crippen LogP contribution in [0.25, 0.3) is 0 Å². The predicted octanol–water partition coefficient (Wildman–Crippen LogP) is 1.77. The molecule has 98 valence electrons. The van der Waals surface area contributed by atoms with E-state index >= 15 is 0 Å². The highest BCUT2D eigenvalue weighted by molar-refractivity contribution is 5.44. The lowest BCUT2D eigenvalue weighted by atomic mass is 9.91. The maximum Gasteiger partial charge on any atom is 0.231 e. The van der Waals surface area contributed by atoms with Crippen LogP contribution in [0.3, 0.4) is 0 Å². The van der Waals surface area contributed by atoms with Crippen molar-refractivity contribution >= 4 is 0 Å². The van der Waals surface area contributed by atoms with Crippen molar-refractivity contribution in [3.8, 4) is 11.5 Å². The van der Waals surface area contributed by atoms with Gasteiger partial charge in [0.1, 0.15) is 0 Å². The average Bonchev–Trinajstić information content (AvgIpc) is 2.84. The molecule has 1 aliphatic heterocycles. The lowest BCUT2D eigenvalue weighted by Gasteiger charge is -2.27. The maximum absolute atomic E-state index is 5.99. The first kappa shape index (κ1) is 11.8. The van der Waals surface area contributed by atoms with E-state index < -0.39 is 0 Å². The summed E-state index contributed by atoms with van der Waals surface area (Å²) in [5, 5.41) is 3.58. The van der Waals surface area contributed by atoms with Crippen molar-refractivity contribution in [2.75, 3.05) is 6.79 Å². The van der Waals surface area contributed by atoms with Gasteiger partial charge in [-0.2, -0.15) is 0 Å². The van der Waals surface area contributed by atoms with Gasteiger partial charge in [-0.3, -0.25) is 0 Å². The second-order valence-electron chi connectivity index (χ2n) is 5.19. The Labute approximate surface area is 107 Å². The molecule has 3 rings (SSSR count). The van der Waals surface area contributed by atoms with E-state index in [1.165, 1.54) is 24.8 Å². The summed E-state index contributed by atoms with van der Waals surface area (Å²) in [5.41, 5.74) is 7.23. The molecule has 2 atom stereocenters. The number of fused-ring (bicyclic) bond motifs is 1. The van der Waals surface area contributed by atoms with Gasteiger partial charge in [-0.25, -0.2) is 0 Å². The van der Waals surface area contributed by atoms with Crippen LogP contribution >= 0.6 is 0 Å². The summed E-state index contributed by atoms with van der Waals surface area (Å²) in [7, 11) is 0. The molecule has 18 heavy (non-hydrogen) atoms. The third kappa shape index (κ3) is 2.60. The topological polar surface area (TPSA) is 56.5 Å². The van der Waals surface area contributed by atoms with E-state index in [-0.39, 0.29) is 0 Å². The summed E-state index contributed by atoms with van der Waals surface area (Å²) in [6.07, 6.45) is 4.73. The van der Waals surface area contributed by atoms with Crippen LogP contribution in [-0.4, -0.2) is 18.9 Å². The minimum absolute atomic E-state index is 0.337. The van der Waals surface area contributed by atoms with Crippen molar-refractivity contribution in [1.82, 2.24) is 5.32 Å². The van der Waals surface area contributed by atoms with Crippen LogP contribution in [0, 0.1) is 0 Å². The average molecular weight is 248 g/mol. The molecule has 2 aliphatic rings. The Morgan fingerprint density at radius 2 is 2.11 bits per heavy atom. The van der Waals surface area contributed by atoms with Crippen molar-refractivity contribution in [2.24, 2.45) is 5.73 Å². The number of rotatable bonds is 3. The molecule has 0 radical (unpaired) electrons. The molecule has 0 saturated heterocycles. The lowest BCUT2D eigenvalue weighted by Crippen LogP contribution is -2.39. The maximum atomic E-state index is 5.99. The highest BCUT2D eigenvalue weighted by Gasteiger charge is 2.19. The number of ether oxygens (including phenoxy) is 2. The van der Waals surface area contributed by atoms with Crippen LogP contribution in [0.2, 0.25) is 0 Å². The van der Waals surface area contributed by atoms with Gasteiger partial charge in [-0.15, -0.1) is 0 Å². The summed E-state index contributed by atoms with van der Waals surface area (Å²) in [6.45, 7) is 1.21. The number of hydrogen-bond acceptors (Lipinski definition) is 4. The second-order valence-corrected chi connectivity index (χ2v) is 5.19. The van der Waals surface area contributed by atoms with Crippen molar-refractivity contribution in [1.29, 1.82) is 0 Å². The molecule has 4 heteroatoms. The third-order valence-corrected chi connectivity index (χ3v) is 3.75. The minimum Gasteiger partial charge on any atom is -0.454 e. The van der Waals surface area contributed by atoms with Crippen LogP contribution < -0.4 is 20.5 Å². The molecule has 1 aliphatic carbocycles. The zero-order chi connectivity index (χ0) is 12.4. The molecule has 1 saturated carbocycles. The Hall–Kier alpha value is -1.26. The van der Waals surface area contributed by atoms with Crippen LogP contribution in [0.15, 0.2) is 18.2 Å². The van der Waals surface area contributed by atoms with Gasteiger partial charge in [0.05, 0.1) is 0 Å². The summed E-state index contributed by atoms with van der Waals surface area (Å²) in [5.74, 6) is 1.70. The number of nitrogens with one attached hydrogen (secondary N) is 1. The Balaban J connectivity index is 1.56. The Bertz CT molecular complexity index is 422. The molecule has 4 nitrogen and oxygen atoms in total. The van der Waals surface area contributed by atoms with Gasteiger partial charge in [0.15, 0.2) is 11.5 Å². The molecule has 2 unspecified atom stereocenters. The van der Waals surface area contributed by atoms with Crippen LogP contribution in [0.1, 0.15) is 31.2 Å². The normalized spacial score (nSPS) is 26.3. The van der Waals surface area contributed by atoms with Crippen molar-refractivity contribution in [3.05, 3.63) is 23.8 Å². The number of hydrogen-bond donors (Lipinski definition) is 2. The van der Waals surface area contributed by atoms with Gasteiger partial charge >= 0.3 is 0 Å². The SMILES string of the molecule is NC1CCCC(NCc2ccc3c(c2)OCO3)C1. The van der Waals surface area contributed by atoms with E-state index in [1.54, 1.807) is 0 Å². The highest BCUT2D eigenvalue weighted by atomic mass is 16.7. The summed E-state index contributed by atoms with van der Waals surface area (Å²) >= 11 is 0. The van der Waals surface area contributed by atoms with E-state index in [9.17, 15) is 0 Å². The molecule has 0 spiro atoms. The molecule has 3 N–H and O–H groups in total. The molecular weight excluding hydrogens is 228 g/mol. The molecule has 0 amide bonds. The summed E-state index contributed by atoms with van der Waals surface area (Å²) in [6, 6.07) is 7.04. The zero-order valence-corrected chi connectivity index (χ0v) is 10.5. The molecule has 0 bridgehead atoms. The van der Waals surface area contributed by atoms with Crippen LogP contribution in [-0.2, 0) is 6.54 Å². The van der Waals surface area contributed by atoms with E-state index in [4.69, 9.17) is 15.2 Å². The second kappa shape index (κ2) is 5.16. The monoisotopic (exact) mass is 248 g/mol. The first-order valence-corrected chi connectivity index (χ1v) is 6.69. The fourth-order valence-electron chi connectivity index (χ4n) is 2.73. The smallest absolute Gasteiger partial charge is 0.231 e. The van der Waals surface area contributed by atoms with Gasteiger partial charge in [0.2, 0.25) is 6.79 Å². The van der Waals surface area contributed by atoms with E-state index in [0.29, 0.717) is 18.9 Å². The minimum atomic E-state index is 0.337. The molecule has 0 aromatic heterocycles. The van der Waals surface area contributed by atoms with Crippen molar-refractivity contribution in [2.45, 2.75) is 44.3 Å². The van der Waals surface area contributed by atoms with Gasteiger partial charge in [0.25, 0.3) is 0 Å². The molecular formula is C14H20N2O2. The Morgan fingerprint density at radius 3 is 3.00 bits per heavy atom.